The quantitative estimate of drug-likeness (QED) is 0.510. The Morgan fingerprint density at radius 2 is 2.38 bits per heavy atom. The second-order valence-electron chi connectivity index (χ2n) is 2.71. The molecule has 0 aliphatic rings. The van der Waals surface area contributed by atoms with Gasteiger partial charge in [0, 0.05) is 6.92 Å². The number of hydrogen-bond acceptors (Lipinski definition) is 4. The highest BCUT2D eigenvalue weighted by Gasteiger charge is 2.17. The summed E-state index contributed by atoms with van der Waals surface area (Å²) in [7, 11) is 0. The van der Waals surface area contributed by atoms with Crippen molar-refractivity contribution in [2.75, 3.05) is 0 Å². The lowest BCUT2D eigenvalue weighted by molar-refractivity contribution is -0.392. The predicted molar refractivity (Wildman–Crippen MR) is 44.3 cm³/mol. The third-order valence-corrected chi connectivity index (χ3v) is 1.60. The van der Waals surface area contributed by atoms with Crippen LogP contribution in [0.25, 0.3) is 0 Å². The van der Waals surface area contributed by atoms with Crippen LogP contribution in [0.3, 0.4) is 0 Å². The van der Waals surface area contributed by atoms with E-state index in [9.17, 15) is 14.9 Å². The number of carbonyl (C=O) groups is 1. The molecule has 0 N–H and O–H groups in total. The molecule has 1 heterocycles. The number of ketones is 1. The zero-order chi connectivity index (χ0) is 10.0. The second kappa shape index (κ2) is 3.34. The minimum absolute atomic E-state index is 0.00213. The summed E-state index contributed by atoms with van der Waals surface area (Å²) >= 11 is 0. The van der Waals surface area contributed by atoms with Gasteiger partial charge >= 0.3 is 5.82 Å². The lowest BCUT2D eigenvalue weighted by Crippen LogP contribution is -2.10. The van der Waals surface area contributed by atoms with Crippen LogP contribution in [0.4, 0.5) is 5.82 Å². The zero-order valence-corrected chi connectivity index (χ0v) is 7.35. The number of hydrogen-bond donors (Lipinski definition) is 0. The molecule has 1 aromatic rings. The number of nitro groups is 1. The maximum absolute atomic E-state index is 10.8. The van der Waals surface area contributed by atoms with Gasteiger partial charge in [0.15, 0.2) is 18.2 Å². The Kier molecular flexibility index (Phi) is 2.41. The van der Waals surface area contributed by atoms with Crippen LogP contribution in [0.1, 0.15) is 12.7 Å². The van der Waals surface area contributed by atoms with Gasteiger partial charge in [-0.25, -0.2) is 9.55 Å². The molecular formula is C7H9N3O3. The first kappa shape index (κ1) is 9.37. The molecule has 0 spiro atoms. The van der Waals surface area contributed by atoms with E-state index in [2.05, 4.69) is 4.98 Å². The van der Waals surface area contributed by atoms with E-state index in [4.69, 9.17) is 0 Å². The van der Waals surface area contributed by atoms with Crippen LogP contribution in [0.2, 0.25) is 0 Å². The summed E-state index contributed by atoms with van der Waals surface area (Å²) in [5.74, 6) is 0.193. The molecule has 1 aromatic heterocycles. The molecule has 0 amide bonds. The summed E-state index contributed by atoms with van der Waals surface area (Å²) in [5.41, 5.74) is 0. The van der Waals surface area contributed by atoms with Crippen molar-refractivity contribution in [2.45, 2.75) is 20.4 Å². The maximum atomic E-state index is 10.8. The fourth-order valence-electron chi connectivity index (χ4n) is 1.02. The largest absolute Gasteiger partial charge is 0.358 e. The van der Waals surface area contributed by atoms with E-state index in [1.807, 2.05) is 0 Å². The Bertz CT molecular complexity index is 356. The van der Waals surface area contributed by atoms with Crippen LogP contribution >= 0.6 is 0 Å². The summed E-state index contributed by atoms with van der Waals surface area (Å²) in [5, 5.41) is 10.5. The summed E-state index contributed by atoms with van der Waals surface area (Å²) in [6.07, 6.45) is 1.15. The lowest BCUT2D eigenvalue weighted by atomic mass is 10.4. The molecule has 0 fully saturated rings. The molecule has 0 aliphatic carbocycles. The number of aryl methyl sites for hydroxylation is 1. The summed E-state index contributed by atoms with van der Waals surface area (Å²) in [4.78, 5) is 24.4. The highest BCUT2D eigenvalue weighted by Crippen LogP contribution is 2.12. The van der Waals surface area contributed by atoms with Crippen molar-refractivity contribution in [1.29, 1.82) is 0 Å². The molecule has 6 heteroatoms. The molecule has 0 aliphatic heterocycles. The minimum Gasteiger partial charge on any atom is -0.358 e. The Morgan fingerprint density at radius 3 is 2.85 bits per heavy atom. The number of carbonyl (C=O) groups excluding carboxylic acids is 1. The van der Waals surface area contributed by atoms with E-state index >= 15 is 0 Å². The van der Waals surface area contributed by atoms with Gasteiger partial charge in [-0.1, -0.05) is 0 Å². The highest BCUT2D eigenvalue weighted by atomic mass is 16.6. The average molecular weight is 183 g/mol. The van der Waals surface area contributed by atoms with Crippen LogP contribution in [0.5, 0.6) is 0 Å². The number of imidazole rings is 1. The molecule has 1 rings (SSSR count). The molecule has 0 saturated carbocycles. The Hall–Kier alpha value is -1.72. The van der Waals surface area contributed by atoms with Crippen LogP contribution in [-0.2, 0) is 11.3 Å². The van der Waals surface area contributed by atoms with E-state index in [0.717, 1.165) is 6.20 Å². The van der Waals surface area contributed by atoms with E-state index in [0.29, 0.717) is 5.82 Å². The van der Waals surface area contributed by atoms with Gasteiger partial charge in [0.2, 0.25) is 0 Å². The topological polar surface area (TPSA) is 78.0 Å². The Balaban J connectivity index is 3.08. The van der Waals surface area contributed by atoms with Crippen molar-refractivity contribution in [2.24, 2.45) is 0 Å². The van der Waals surface area contributed by atoms with Gasteiger partial charge in [0.05, 0.1) is 0 Å². The molecule has 0 unspecified atom stereocenters. The number of aromatic nitrogens is 2. The standard InChI is InChI=1S/C7H9N3O3/c1-5(11)4-9-6(2)8-3-7(9)10(12)13/h3H,4H2,1-2H3. The first-order valence-electron chi connectivity index (χ1n) is 3.68. The minimum atomic E-state index is -0.553. The maximum Gasteiger partial charge on any atom is 0.343 e. The molecule has 0 aromatic carbocycles. The third kappa shape index (κ3) is 1.90. The number of nitrogens with zero attached hydrogens (tertiary/aromatic N) is 3. The third-order valence-electron chi connectivity index (χ3n) is 1.60. The summed E-state index contributed by atoms with van der Waals surface area (Å²) < 4.78 is 1.28. The van der Waals surface area contributed by atoms with Gasteiger partial charge in [0.1, 0.15) is 6.20 Å². The second-order valence-corrected chi connectivity index (χ2v) is 2.71. The SMILES string of the molecule is CC(=O)Cn1c([N+](=O)[O-])cnc1C. The van der Waals surface area contributed by atoms with Gasteiger partial charge < -0.3 is 10.1 Å². The van der Waals surface area contributed by atoms with Crippen molar-refractivity contribution in [1.82, 2.24) is 9.55 Å². The first-order chi connectivity index (χ1) is 6.02. The van der Waals surface area contributed by atoms with E-state index in [1.165, 1.54) is 11.5 Å². The van der Waals surface area contributed by atoms with Gasteiger partial charge in [-0.15, -0.1) is 0 Å². The number of Topliss-reactive ketones (excluding diaryl/α,β-unsaturated/α-hetero) is 1. The summed E-state index contributed by atoms with van der Waals surface area (Å²) in [6, 6.07) is 0. The molecular weight excluding hydrogens is 174 g/mol. The van der Waals surface area contributed by atoms with E-state index < -0.39 is 4.92 Å². The van der Waals surface area contributed by atoms with Gasteiger partial charge in [0.25, 0.3) is 0 Å². The first-order valence-corrected chi connectivity index (χ1v) is 3.68. The van der Waals surface area contributed by atoms with Gasteiger partial charge in [-0.3, -0.25) is 4.79 Å². The summed E-state index contributed by atoms with van der Waals surface area (Å²) in [6.45, 7) is 3.00. The fourth-order valence-corrected chi connectivity index (χ4v) is 1.02. The molecule has 0 bridgehead atoms. The monoisotopic (exact) mass is 183 g/mol. The van der Waals surface area contributed by atoms with Crippen LogP contribution in [-0.4, -0.2) is 20.3 Å². The smallest absolute Gasteiger partial charge is 0.343 e. The van der Waals surface area contributed by atoms with Gasteiger partial charge in [-0.05, 0) is 11.8 Å². The van der Waals surface area contributed by atoms with Crippen molar-refractivity contribution in [3.8, 4) is 0 Å². The van der Waals surface area contributed by atoms with Crippen molar-refractivity contribution >= 4 is 11.6 Å². The highest BCUT2D eigenvalue weighted by molar-refractivity contribution is 5.75. The van der Waals surface area contributed by atoms with Crippen LogP contribution in [0.15, 0.2) is 6.20 Å². The normalized spacial score (nSPS) is 10.0. The van der Waals surface area contributed by atoms with Crippen molar-refractivity contribution < 1.29 is 9.72 Å². The Labute approximate surface area is 74.3 Å². The molecule has 0 atom stereocenters. The molecule has 70 valence electrons. The van der Waals surface area contributed by atoms with Crippen molar-refractivity contribution in [3.63, 3.8) is 0 Å². The Morgan fingerprint density at radius 1 is 1.77 bits per heavy atom. The lowest BCUT2D eigenvalue weighted by Gasteiger charge is -1.98. The van der Waals surface area contributed by atoms with Crippen molar-refractivity contribution in [3.05, 3.63) is 22.1 Å². The molecule has 0 radical (unpaired) electrons. The van der Waals surface area contributed by atoms with E-state index in [-0.39, 0.29) is 18.1 Å². The van der Waals surface area contributed by atoms with Crippen LogP contribution < -0.4 is 0 Å². The predicted octanol–water partition coefficient (Wildman–Crippen LogP) is 0.689. The average Bonchev–Trinajstić information content (AvgIpc) is 2.32. The van der Waals surface area contributed by atoms with Crippen LogP contribution in [0, 0.1) is 17.0 Å². The van der Waals surface area contributed by atoms with Gasteiger partial charge in [-0.2, -0.15) is 0 Å². The van der Waals surface area contributed by atoms with E-state index in [1.54, 1.807) is 6.92 Å². The molecule has 13 heavy (non-hydrogen) atoms. The fraction of sp³-hybridized carbons (Fsp3) is 0.429. The molecule has 6 nitrogen and oxygen atoms in total. The number of rotatable bonds is 3. The zero-order valence-electron chi connectivity index (χ0n) is 7.35. The molecule has 0 saturated heterocycles.